The Bertz CT molecular complexity index is 516. The first kappa shape index (κ1) is 15.5. The highest BCUT2D eigenvalue weighted by atomic mass is 16.5. The van der Waals surface area contributed by atoms with Crippen LogP contribution in [0.1, 0.15) is 25.3 Å². The maximum absolute atomic E-state index is 12.6. The van der Waals surface area contributed by atoms with Gasteiger partial charge in [-0.25, -0.2) is 0 Å². The molecule has 2 rings (SSSR count). The second kappa shape index (κ2) is 7.22. The minimum Gasteiger partial charge on any atom is -0.384 e. The van der Waals surface area contributed by atoms with Crippen LogP contribution in [0, 0.1) is 0 Å². The number of rotatable bonds is 6. The van der Waals surface area contributed by atoms with Crippen LogP contribution in [0.2, 0.25) is 0 Å². The first-order valence-corrected chi connectivity index (χ1v) is 7.35. The lowest BCUT2D eigenvalue weighted by Gasteiger charge is -2.33. The van der Waals surface area contributed by atoms with Crippen LogP contribution in [-0.4, -0.2) is 38.1 Å². The molecule has 1 N–H and O–H groups in total. The molecule has 1 fully saturated rings. The summed E-state index contributed by atoms with van der Waals surface area (Å²) in [4.78, 5) is 26.0. The predicted octanol–water partition coefficient (Wildman–Crippen LogP) is 1.51. The van der Waals surface area contributed by atoms with E-state index in [0.717, 1.165) is 24.1 Å². The van der Waals surface area contributed by atoms with E-state index in [9.17, 15) is 9.59 Å². The van der Waals surface area contributed by atoms with E-state index in [0.29, 0.717) is 13.0 Å². The molecule has 1 aliphatic heterocycles. The van der Waals surface area contributed by atoms with Gasteiger partial charge in [-0.3, -0.25) is 9.59 Å². The minimum atomic E-state index is -0.410. The number of benzene rings is 1. The van der Waals surface area contributed by atoms with Crippen molar-refractivity contribution in [3.8, 4) is 0 Å². The molecule has 1 aliphatic rings. The van der Waals surface area contributed by atoms with Gasteiger partial charge < -0.3 is 15.0 Å². The van der Waals surface area contributed by atoms with Gasteiger partial charge in [-0.05, 0) is 24.5 Å². The molecule has 1 saturated heterocycles. The SMILES string of the molecule is CCCC1NC(=O)CN(c2ccccc2CCOC)C1=O. The summed E-state index contributed by atoms with van der Waals surface area (Å²) in [7, 11) is 1.65. The van der Waals surface area contributed by atoms with E-state index < -0.39 is 6.04 Å². The van der Waals surface area contributed by atoms with Gasteiger partial charge in [0.15, 0.2) is 0 Å². The number of ether oxygens (including phenoxy) is 1. The topological polar surface area (TPSA) is 58.6 Å². The molecule has 0 spiro atoms. The fourth-order valence-electron chi connectivity index (χ4n) is 2.60. The van der Waals surface area contributed by atoms with Crippen LogP contribution in [-0.2, 0) is 20.7 Å². The summed E-state index contributed by atoms with van der Waals surface area (Å²) in [5, 5.41) is 2.77. The van der Waals surface area contributed by atoms with Crippen LogP contribution in [0.4, 0.5) is 5.69 Å². The van der Waals surface area contributed by atoms with Crippen LogP contribution in [0.25, 0.3) is 0 Å². The van der Waals surface area contributed by atoms with E-state index in [2.05, 4.69) is 5.32 Å². The number of para-hydroxylation sites is 1. The number of amides is 2. The zero-order valence-electron chi connectivity index (χ0n) is 12.6. The second-order valence-corrected chi connectivity index (χ2v) is 5.20. The molecule has 0 bridgehead atoms. The first-order valence-electron chi connectivity index (χ1n) is 7.35. The van der Waals surface area contributed by atoms with E-state index in [1.54, 1.807) is 12.0 Å². The Labute approximate surface area is 125 Å². The molecule has 21 heavy (non-hydrogen) atoms. The molecule has 2 amide bonds. The van der Waals surface area contributed by atoms with Gasteiger partial charge in [0, 0.05) is 12.8 Å². The molecular formula is C16H22N2O3. The summed E-state index contributed by atoms with van der Waals surface area (Å²) < 4.78 is 5.11. The molecule has 114 valence electrons. The highest BCUT2D eigenvalue weighted by Gasteiger charge is 2.33. The lowest BCUT2D eigenvalue weighted by molar-refractivity contribution is -0.131. The number of carbonyl (C=O) groups excluding carboxylic acids is 2. The van der Waals surface area contributed by atoms with Gasteiger partial charge in [-0.1, -0.05) is 31.5 Å². The maximum Gasteiger partial charge on any atom is 0.250 e. The van der Waals surface area contributed by atoms with Gasteiger partial charge in [0.05, 0.1) is 6.61 Å². The minimum absolute atomic E-state index is 0.0266. The monoisotopic (exact) mass is 290 g/mol. The lowest BCUT2D eigenvalue weighted by atomic mass is 10.0. The fraction of sp³-hybridized carbons (Fsp3) is 0.500. The molecule has 1 atom stereocenters. The van der Waals surface area contributed by atoms with E-state index in [4.69, 9.17) is 4.74 Å². The molecule has 5 nitrogen and oxygen atoms in total. The van der Waals surface area contributed by atoms with Crippen LogP contribution in [0.15, 0.2) is 24.3 Å². The summed E-state index contributed by atoms with van der Waals surface area (Å²) in [6.07, 6.45) is 2.24. The maximum atomic E-state index is 12.6. The highest BCUT2D eigenvalue weighted by Crippen LogP contribution is 2.24. The molecule has 0 aromatic heterocycles. The van der Waals surface area contributed by atoms with Gasteiger partial charge in [-0.2, -0.15) is 0 Å². The summed E-state index contributed by atoms with van der Waals surface area (Å²) >= 11 is 0. The normalized spacial score (nSPS) is 18.8. The Morgan fingerprint density at radius 1 is 1.33 bits per heavy atom. The van der Waals surface area contributed by atoms with Gasteiger partial charge in [0.1, 0.15) is 12.6 Å². The van der Waals surface area contributed by atoms with Crippen LogP contribution < -0.4 is 10.2 Å². The van der Waals surface area contributed by atoms with Gasteiger partial charge in [0.2, 0.25) is 11.8 Å². The molecule has 0 aliphatic carbocycles. The highest BCUT2D eigenvalue weighted by molar-refractivity contribution is 6.06. The van der Waals surface area contributed by atoms with Crippen molar-refractivity contribution in [2.24, 2.45) is 0 Å². The predicted molar refractivity (Wildman–Crippen MR) is 81.2 cm³/mol. The number of hydrogen-bond donors (Lipinski definition) is 1. The van der Waals surface area contributed by atoms with Crippen molar-refractivity contribution in [1.82, 2.24) is 5.32 Å². The number of nitrogens with zero attached hydrogens (tertiary/aromatic N) is 1. The standard InChI is InChI=1S/C16H22N2O3/c1-3-6-13-16(20)18(11-15(19)17-13)14-8-5-4-7-12(14)9-10-21-2/h4-5,7-8,13H,3,6,9-11H2,1-2H3,(H,17,19). The van der Waals surface area contributed by atoms with Crippen molar-refractivity contribution in [2.45, 2.75) is 32.2 Å². The average Bonchev–Trinajstić information content (AvgIpc) is 2.49. The van der Waals surface area contributed by atoms with E-state index in [1.165, 1.54) is 0 Å². The van der Waals surface area contributed by atoms with Crippen molar-refractivity contribution in [2.75, 3.05) is 25.2 Å². The van der Waals surface area contributed by atoms with E-state index >= 15 is 0 Å². The van der Waals surface area contributed by atoms with Crippen molar-refractivity contribution in [1.29, 1.82) is 0 Å². The van der Waals surface area contributed by atoms with E-state index in [1.807, 2.05) is 31.2 Å². The zero-order chi connectivity index (χ0) is 15.2. The van der Waals surface area contributed by atoms with Crippen molar-refractivity contribution < 1.29 is 14.3 Å². The largest absolute Gasteiger partial charge is 0.384 e. The average molecular weight is 290 g/mol. The van der Waals surface area contributed by atoms with Gasteiger partial charge in [0.25, 0.3) is 0 Å². The summed E-state index contributed by atoms with van der Waals surface area (Å²) in [5.74, 6) is -0.129. The number of nitrogens with one attached hydrogen (secondary N) is 1. The van der Waals surface area contributed by atoms with Crippen LogP contribution in [0.5, 0.6) is 0 Å². The van der Waals surface area contributed by atoms with Gasteiger partial charge >= 0.3 is 0 Å². The smallest absolute Gasteiger partial charge is 0.250 e. The Hall–Kier alpha value is -1.88. The Morgan fingerprint density at radius 3 is 2.81 bits per heavy atom. The zero-order valence-corrected chi connectivity index (χ0v) is 12.6. The van der Waals surface area contributed by atoms with Crippen molar-refractivity contribution in [3.63, 3.8) is 0 Å². The molecule has 1 aromatic rings. The van der Waals surface area contributed by atoms with E-state index in [-0.39, 0.29) is 18.4 Å². The second-order valence-electron chi connectivity index (χ2n) is 5.20. The number of anilines is 1. The summed E-state index contributed by atoms with van der Waals surface area (Å²) in [5.41, 5.74) is 1.84. The molecule has 1 heterocycles. The lowest BCUT2D eigenvalue weighted by Crippen LogP contribution is -2.58. The molecule has 1 aromatic carbocycles. The third-order valence-corrected chi connectivity index (χ3v) is 3.64. The van der Waals surface area contributed by atoms with Crippen LogP contribution in [0.3, 0.4) is 0 Å². The summed E-state index contributed by atoms with van der Waals surface area (Å²) in [6.45, 7) is 2.68. The molecular weight excluding hydrogens is 268 g/mol. The first-order chi connectivity index (χ1) is 10.2. The van der Waals surface area contributed by atoms with Gasteiger partial charge in [-0.15, -0.1) is 0 Å². The third-order valence-electron chi connectivity index (χ3n) is 3.64. The number of piperazine rings is 1. The van der Waals surface area contributed by atoms with Crippen LogP contribution >= 0.6 is 0 Å². The quantitative estimate of drug-likeness (QED) is 0.864. The van der Waals surface area contributed by atoms with Crippen molar-refractivity contribution in [3.05, 3.63) is 29.8 Å². The Kier molecular flexibility index (Phi) is 5.33. The fourth-order valence-corrected chi connectivity index (χ4v) is 2.60. The van der Waals surface area contributed by atoms with Crippen molar-refractivity contribution >= 4 is 17.5 Å². The molecule has 1 unspecified atom stereocenters. The number of methoxy groups -OCH3 is 1. The Balaban J connectivity index is 2.26. The summed E-state index contributed by atoms with van der Waals surface area (Å²) in [6, 6.07) is 7.28. The Morgan fingerprint density at radius 2 is 2.10 bits per heavy atom. The molecule has 0 radical (unpaired) electrons. The molecule has 0 saturated carbocycles. The third kappa shape index (κ3) is 3.61. The molecule has 5 heteroatoms. The number of hydrogen-bond acceptors (Lipinski definition) is 3. The number of carbonyl (C=O) groups is 2.